The smallest absolute Gasteiger partial charge is 0.0701 e. The van der Waals surface area contributed by atoms with Crippen LogP contribution in [0.1, 0.15) is 44.4 Å². The molecule has 1 atom stereocenters. The van der Waals surface area contributed by atoms with E-state index < -0.39 is 0 Å². The second-order valence-corrected chi connectivity index (χ2v) is 9.25. The molecule has 0 saturated heterocycles. The van der Waals surface area contributed by atoms with Gasteiger partial charge in [0, 0.05) is 16.5 Å². The van der Waals surface area contributed by atoms with Crippen LogP contribution in [0.3, 0.4) is 0 Å². The van der Waals surface area contributed by atoms with E-state index in [1.165, 1.54) is 34.3 Å². The third-order valence-corrected chi connectivity index (χ3v) is 6.81. The Morgan fingerprint density at radius 2 is 2.05 bits per heavy atom. The summed E-state index contributed by atoms with van der Waals surface area (Å²) < 4.78 is 1.24. The fourth-order valence-electron chi connectivity index (χ4n) is 3.73. The maximum Gasteiger partial charge on any atom is 0.0701 e. The van der Waals surface area contributed by atoms with Gasteiger partial charge < -0.3 is 10.2 Å². The molecule has 1 unspecified atom stereocenters. The lowest BCUT2D eigenvalue weighted by Gasteiger charge is -2.50. The summed E-state index contributed by atoms with van der Waals surface area (Å²) in [4.78, 5) is 3.97. The van der Waals surface area contributed by atoms with Gasteiger partial charge in [-0.15, -0.1) is 11.3 Å². The molecule has 1 aliphatic rings. The summed E-state index contributed by atoms with van der Waals surface area (Å²) in [5.74, 6) is 0.885. The maximum atomic E-state index is 3.80. The van der Waals surface area contributed by atoms with Crippen molar-refractivity contribution in [1.82, 2.24) is 10.2 Å². The van der Waals surface area contributed by atoms with E-state index in [1.807, 2.05) is 11.3 Å². The first kappa shape index (κ1) is 17.5. The van der Waals surface area contributed by atoms with Crippen LogP contribution < -0.4 is 5.32 Å². The number of hydrogen-bond donors (Lipinski definition) is 1. The monoisotopic (exact) mass is 372 g/mol. The Bertz CT molecular complexity index is 436. The van der Waals surface area contributed by atoms with E-state index >= 15 is 0 Å². The molecule has 1 N–H and O–H groups in total. The van der Waals surface area contributed by atoms with Crippen LogP contribution in [0.4, 0.5) is 0 Å². The van der Waals surface area contributed by atoms with Gasteiger partial charge in [-0.1, -0.05) is 13.8 Å². The number of thiophene rings is 1. The largest absolute Gasteiger partial charge is 0.312 e. The van der Waals surface area contributed by atoms with Crippen molar-refractivity contribution in [3.05, 3.63) is 20.8 Å². The number of likely N-dealkylation sites (N-methyl/N-ethyl adjacent to an activating group) is 2. The third-order valence-electron chi connectivity index (χ3n) is 5.16. The van der Waals surface area contributed by atoms with Crippen molar-refractivity contribution < 1.29 is 0 Å². The van der Waals surface area contributed by atoms with Crippen molar-refractivity contribution in [3.63, 3.8) is 0 Å². The molecular formula is C17H29BrN2S. The summed E-state index contributed by atoms with van der Waals surface area (Å²) in [5.41, 5.74) is 0.305. The van der Waals surface area contributed by atoms with Crippen LogP contribution >= 0.6 is 27.3 Å². The molecule has 2 nitrogen and oxygen atoms in total. The molecule has 1 saturated carbocycles. The summed E-state index contributed by atoms with van der Waals surface area (Å²) >= 11 is 5.47. The summed E-state index contributed by atoms with van der Waals surface area (Å²) in [6.07, 6.45) is 6.47. The lowest BCUT2D eigenvalue weighted by atomic mass is 9.71. The quantitative estimate of drug-likeness (QED) is 0.788. The molecule has 0 radical (unpaired) electrons. The van der Waals surface area contributed by atoms with Gasteiger partial charge in [0.25, 0.3) is 0 Å². The van der Waals surface area contributed by atoms with Gasteiger partial charge >= 0.3 is 0 Å². The van der Waals surface area contributed by atoms with E-state index in [4.69, 9.17) is 0 Å². The molecule has 1 aromatic heterocycles. The highest BCUT2D eigenvalue weighted by atomic mass is 79.9. The Kier molecular flexibility index (Phi) is 6.30. The molecule has 0 aromatic carbocycles. The van der Waals surface area contributed by atoms with Crippen LogP contribution in [0.15, 0.2) is 15.9 Å². The maximum absolute atomic E-state index is 3.80. The highest BCUT2D eigenvalue weighted by Crippen LogP contribution is 2.39. The first-order valence-electron chi connectivity index (χ1n) is 8.13. The van der Waals surface area contributed by atoms with Crippen molar-refractivity contribution in [2.45, 2.75) is 57.5 Å². The average molecular weight is 373 g/mol. The van der Waals surface area contributed by atoms with E-state index in [0.29, 0.717) is 11.6 Å². The SMILES string of the molecule is CCNC(Cc1ccc(Br)s1)C1(N(C)C)CCC(C)CC1. The van der Waals surface area contributed by atoms with Gasteiger partial charge in [0.1, 0.15) is 0 Å². The Morgan fingerprint density at radius 3 is 2.52 bits per heavy atom. The van der Waals surface area contributed by atoms with Crippen LogP contribution in [0, 0.1) is 5.92 Å². The molecule has 1 fully saturated rings. The molecule has 0 aliphatic heterocycles. The first-order chi connectivity index (χ1) is 9.98. The lowest BCUT2D eigenvalue weighted by molar-refractivity contribution is 0.0443. The number of nitrogens with zero attached hydrogens (tertiary/aromatic N) is 1. The standard InChI is InChI=1S/C17H29BrN2S/c1-5-19-15(12-14-6-7-16(18)21-14)17(20(3)4)10-8-13(2)9-11-17/h6-7,13,15,19H,5,8-12H2,1-4H3. The van der Waals surface area contributed by atoms with Crippen LogP contribution in [-0.4, -0.2) is 37.1 Å². The van der Waals surface area contributed by atoms with E-state index in [-0.39, 0.29) is 0 Å². The van der Waals surface area contributed by atoms with E-state index in [1.54, 1.807) is 0 Å². The Labute approximate surface area is 142 Å². The average Bonchev–Trinajstić information content (AvgIpc) is 2.85. The number of nitrogens with one attached hydrogen (secondary N) is 1. The molecule has 1 heterocycles. The zero-order chi connectivity index (χ0) is 15.5. The molecule has 1 aliphatic carbocycles. The van der Waals surface area contributed by atoms with E-state index in [2.05, 4.69) is 66.2 Å². The zero-order valence-corrected chi connectivity index (χ0v) is 16.2. The fourth-order valence-corrected chi connectivity index (χ4v) is 5.26. The van der Waals surface area contributed by atoms with Gasteiger partial charge in [0.2, 0.25) is 0 Å². The second kappa shape index (κ2) is 7.58. The van der Waals surface area contributed by atoms with Crippen molar-refractivity contribution in [2.24, 2.45) is 5.92 Å². The van der Waals surface area contributed by atoms with Gasteiger partial charge in [-0.05, 0) is 86.7 Å². The summed E-state index contributed by atoms with van der Waals surface area (Å²) in [7, 11) is 4.54. The van der Waals surface area contributed by atoms with Crippen LogP contribution in [0.5, 0.6) is 0 Å². The molecule has 0 bridgehead atoms. The molecule has 0 spiro atoms. The molecule has 120 valence electrons. The summed E-state index contributed by atoms with van der Waals surface area (Å²) in [6, 6.07) is 4.98. The van der Waals surface area contributed by atoms with Gasteiger partial charge in [-0.3, -0.25) is 0 Å². The van der Waals surface area contributed by atoms with Crippen molar-refractivity contribution in [2.75, 3.05) is 20.6 Å². The Hall–Kier alpha value is 0.1000. The van der Waals surface area contributed by atoms with Crippen molar-refractivity contribution in [1.29, 1.82) is 0 Å². The Morgan fingerprint density at radius 1 is 1.38 bits per heavy atom. The summed E-state index contributed by atoms with van der Waals surface area (Å²) in [6.45, 7) is 5.67. The minimum atomic E-state index is 0.305. The van der Waals surface area contributed by atoms with Gasteiger partial charge in [-0.25, -0.2) is 0 Å². The highest BCUT2D eigenvalue weighted by molar-refractivity contribution is 9.11. The van der Waals surface area contributed by atoms with Crippen LogP contribution in [-0.2, 0) is 6.42 Å². The van der Waals surface area contributed by atoms with E-state index in [0.717, 1.165) is 18.9 Å². The lowest BCUT2D eigenvalue weighted by Crippen LogP contribution is -2.61. The first-order valence-corrected chi connectivity index (χ1v) is 9.74. The normalized spacial score (nSPS) is 28.0. The molecule has 0 amide bonds. The number of rotatable bonds is 6. The molecule has 4 heteroatoms. The predicted molar refractivity (Wildman–Crippen MR) is 97.2 cm³/mol. The number of halogens is 1. The molecule has 21 heavy (non-hydrogen) atoms. The molecular weight excluding hydrogens is 344 g/mol. The second-order valence-electron chi connectivity index (χ2n) is 6.70. The van der Waals surface area contributed by atoms with Gasteiger partial charge in [-0.2, -0.15) is 0 Å². The topological polar surface area (TPSA) is 15.3 Å². The highest BCUT2D eigenvalue weighted by Gasteiger charge is 2.42. The minimum absolute atomic E-state index is 0.305. The zero-order valence-electron chi connectivity index (χ0n) is 13.8. The summed E-state index contributed by atoms with van der Waals surface area (Å²) in [5, 5.41) is 3.80. The van der Waals surface area contributed by atoms with Gasteiger partial charge in [0.15, 0.2) is 0 Å². The molecule has 1 aromatic rings. The molecule has 2 rings (SSSR count). The number of hydrogen-bond acceptors (Lipinski definition) is 3. The van der Waals surface area contributed by atoms with Crippen molar-refractivity contribution >= 4 is 27.3 Å². The third kappa shape index (κ3) is 4.10. The predicted octanol–water partition coefficient (Wildman–Crippen LogP) is 4.54. The fraction of sp³-hybridized carbons (Fsp3) is 0.765. The van der Waals surface area contributed by atoms with Crippen molar-refractivity contribution in [3.8, 4) is 0 Å². The van der Waals surface area contributed by atoms with E-state index in [9.17, 15) is 0 Å². The van der Waals surface area contributed by atoms with Crippen LogP contribution in [0.2, 0.25) is 0 Å². The van der Waals surface area contributed by atoms with Crippen LogP contribution in [0.25, 0.3) is 0 Å². The van der Waals surface area contributed by atoms with Gasteiger partial charge in [0.05, 0.1) is 3.79 Å². The minimum Gasteiger partial charge on any atom is -0.312 e. The Balaban J connectivity index is 2.20.